The first-order valence-corrected chi connectivity index (χ1v) is 10.2. The molecule has 2 N–H and O–H groups in total. The van der Waals surface area contributed by atoms with Crippen LogP contribution in [0.2, 0.25) is 0 Å². The molecule has 0 bridgehead atoms. The topological polar surface area (TPSA) is 140 Å². The van der Waals surface area contributed by atoms with Gasteiger partial charge in [0.05, 0.1) is 28.6 Å². The van der Waals surface area contributed by atoms with Gasteiger partial charge in [-0.1, -0.05) is 24.4 Å². The van der Waals surface area contributed by atoms with Crippen LogP contribution in [0, 0.1) is 13.8 Å². The minimum absolute atomic E-state index is 0.0709. The Bertz CT molecular complexity index is 1200. The van der Waals surface area contributed by atoms with Crippen LogP contribution in [-0.2, 0) is 19.6 Å². The van der Waals surface area contributed by atoms with Crippen LogP contribution >= 0.6 is 12.2 Å². The molecule has 2 amide bonds. The van der Waals surface area contributed by atoms with Gasteiger partial charge in [-0.05, 0) is 26.0 Å². The van der Waals surface area contributed by atoms with Crippen molar-refractivity contribution in [2.45, 2.75) is 19.1 Å². The summed E-state index contributed by atoms with van der Waals surface area (Å²) in [7, 11) is -3.14. The second-order valence-electron chi connectivity index (χ2n) is 6.05. The van der Waals surface area contributed by atoms with Crippen molar-refractivity contribution in [3.05, 3.63) is 41.3 Å². The standard InChI is InChI=1S/C17H16N4O6S2/c1-8-7-11-9(2)18-16(19-14(11)27-8)20-17(23)21-29(24,25)12-6-4-5-10(13(12)28)15(22)26-3/h4-7,12H,1-3H3,(H2,18,19,20,21,23). The Morgan fingerprint density at radius 3 is 2.69 bits per heavy atom. The van der Waals surface area contributed by atoms with Crippen LogP contribution in [0.1, 0.15) is 11.5 Å². The van der Waals surface area contributed by atoms with E-state index in [0.717, 1.165) is 7.11 Å². The van der Waals surface area contributed by atoms with Crippen LogP contribution in [0.5, 0.6) is 0 Å². The zero-order valence-electron chi connectivity index (χ0n) is 15.5. The SMILES string of the molecule is COC(=O)C1=CC=CC(S(=O)(=O)NC(=O)Nc2nc(C)c3cc(C)oc3n2)C1=S. The summed E-state index contributed by atoms with van der Waals surface area (Å²) < 4.78 is 37.0. The number of carbonyl (C=O) groups excluding carboxylic acids is 2. The number of rotatable bonds is 4. The number of urea groups is 1. The van der Waals surface area contributed by atoms with E-state index in [1.165, 1.54) is 18.2 Å². The van der Waals surface area contributed by atoms with Crippen LogP contribution in [0.3, 0.4) is 0 Å². The molecular formula is C17H16N4O6S2. The van der Waals surface area contributed by atoms with Crippen LogP contribution in [-0.4, -0.2) is 47.6 Å². The summed E-state index contributed by atoms with van der Waals surface area (Å²) in [6.45, 7) is 3.44. The number of nitrogens with one attached hydrogen (secondary N) is 2. The van der Waals surface area contributed by atoms with Crippen molar-refractivity contribution in [1.29, 1.82) is 0 Å². The van der Waals surface area contributed by atoms with E-state index in [0.29, 0.717) is 16.8 Å². The van der Waals surface area contributed by atoms with Crippen molar-refractivity contribution in [3.8, 4) is 0 Å². The molecule has 0 aliphatic heterocycles. The lowest BCUT2D eigenvalue weighted by Crippen LogP contribution is -2.44. The lowest BCUT2D eigenvalue weighted by atomic mass is 10.0. The average Bonchev–Trinajstić information content (AvgIpc) is 3.01. The number of sulfonamides is 1. The second kappa shape index (κ2) is 7.72. The molecule has 0 saturated heterocycles. The summed E-state index contributed by atoms with van der Waals surface area (Å²) in [5.74, 6) is -0.280. The lowest BCUT2D eigenvalue weighted by Gasteiger charge is -2.19. The van der Waals surface area contributed by atoms with E-state index in [4.69, 9.17) is 16.6 Å². The fourth-order valence-corrected chi connectivity index (χ4v) is 4.41. The highest BCUT2D eigenvalue weighted by Gasteiger charge is 2.34. The molecule has 0 spiro atoms. The number of anilines is 1. The summed E-state index contributed by atoms with van der Waals surface area (Å²) in [5, 5.41) is 1.53. The maximum atomic E-state index is 12.6. The van der Waals surface area contributed by atoms with Gasteiger partial charge in [0.2, 0.25) is 21.7 Å². The smallest absolute Gasteiger partial charge is 0.339 e. The number of amides is 2. The number of hydrogen-bond acceptors (Lipinski definition) is 9. The number of allylic oxidation sites excluding steroid dienone is 2. The molecule has 1 aliphatic carbocycles. The number of aryl methyl sites for hydroxylation is 2. The van der Waals surface area contributed by atoms with Gasteiger partial charge in [-0.15, -0.1) is 0 Å². The van der Waals surface area contributed by atoms with Crippen LogP contribution in [0.15, 0.2) is 34.3 Å². The molecule has 2 heterocycles. The molecule has 0 aromatic carbocycles. The predicted molar refractivity (Wildman–Crippen MR) is 108 cm³/mol. The molecule has 152 valence electrons. The van der Waals surface area contributed by atoms with Crippen molar-refractivity contribution >= 4 is 56.2 Å². The number of methoxy groups -OCH3 is 1. The highest BCUT2D eigenvalue weighted by Crippen LogP contribution is 2.21. The highest BCUT2D eigenvalue weighted by atomic mass is 32.2. The van der Waals surface area contributed by atoms with Gasteiger partial charge in [-0.2, -0.15) is 4.98 Å². The van der Waals surface area contributed by atoms with E-state index in [-0.39, 0.29) is 22.1 Å². The van der Waals surface area contributed by atoms with Gasteiger partial charge in [0.15, 0.2) is 0 Å². The molecule has 2 aromatic rings. The molecule has 1 aliphatic rings. The van der Waals surface area contributed by atoms with Crippen molar-refractivity contribution in [2.75, 3.05) is 12.4 Å². The van der Waals surface area contributed by atoms with Crippen LogP contribution in [0.4, 0.5) is 10.7 Å². The Morgan fingerprint density at radius 2 is 2.00 bits per heavy atom. The largest absolute Gasteiger partial charge is 0.465 e. The maximum Gasteiger partial charge on any atom is 0.339 e. The molecule has 1 atom stereocenters. The molecular weight excluding hydrogens is 420 g/mol. The molecule has 29 heavy (non-hydrogen) atoms. The van der Waals surface area contributed by atoms with E-state index in [2.05, 4.69) is 20.0 Å². The monoisotopic (exact) mass is 436 g/mol. The molecule has 1 unspecified atom stereocenters. The van der Waals surface area contributed by atoms with E-state index in [1.807, 2.05) is 4.72 Å². The summed E-state index contributed by atoms with van der Waals surface area (Å²) in [6.07, 6.45) is 3.95. The van der Waals surface area contributed by atoms with Gasteiger partial charge in [0, 0.05) is 0 Å². The zero-order valence-corrected chi connectivity index (χ0v) is 17.2. The first kappa shape index (κ1) is 20.6. The van der Waals surface area contributed by atoms with Crippen molar-refractivity contribution < 1.29 is 27.2 Å². The zero-order chi connectivity index (χ0) is 21.3. The van der Waals surface area contributed by atoms with Gasteiger partial charge in [-0.25, -0.2) is 27.7 Å². The maximum absolute atomic E-state index is 12.6. The number of hydrogen-bond donors (Lipinski definition) is 2. The fraction of sp³-hybridized carbons (Fsp3) is 0.235. The number of fused-ring (bicyclic) bond motifs is 1. The lowest BCUT2D eigenvalue weighted by molar-refractivity contribution is -0.135. The molecule has 12 heteroatoms. The minimum Gasteiger partial charge on any atom is -0.465 e. The predicted octanol–water partition coefficient (Wildman–Crippen LogP) is 1.70. The van der Waals surface area contributed by atoms with Crippen LogP contribution in [0.25, 0.3) is 11.1 Å². The quantitative estimate of drug-likeness (QED) is 0.541. The van der Waals surface area contributed by atoms with Gasteiger partial charge in [0.25, 0.3) is 0 Å². The Kier molecular flexibility index (Phi) is 5.48. The van der Waals surface area contributed by atoms with Gasteiger partial charge in [-0.3, -0.25) is 5.32 Å². The van der Waals surface area contributed by atoms with E-state index < -0.39 is 27.3 Å². The minimum atomic E-state index is -4.29. The highest BCUT2D eigenvalue weighted by molar-refractivity contribution is 7.93. The summed E-state index contributed by atoms with van der Waals surface area (Å²) >= 11 is 5.09. The van der Waals surface area contributed by atoms with Crippen LogP contribution < -0.4 is 10.0 Å². The Balaban J connectivity index is 1.76. The second-order valence-corrected chi connectivity index (χ2v) is 8.29. The van der Waals surface area contributed by atoms with E-state index in [1.54, 1.807) is 19.9 Å². The molecule has 0 radical (unpaired) electrons. The third kappa shape index (κ3) is 4.17. The van der Waals surface area contributed by atoms with E-state index >= 15 is 0 Å². The number of nitrogens with zero attached hydrogens (tertiary/aromatic N) is 2. The average molecular weight is 436 g/mol. The molecule has 3 rings (SSSR count). The number of ether oxygens (including phenoxy) is 1. The van der Waals surface area contributed by atoms with Gasteiger partial charge < -0.3 is 9.15 Å². The summed E-state index contributed by atoms with van der Waals surface area (Å²) in [4.78, 5) is 31.9. The Labute approximate surface area is 171 Å². The number of aromatic nitrogens is 2. The number of furan rings is 1. The van der Waals surface area contributed by atoms with Crippen molar-refractivity contribution in [3.63, 3.8) is 0 Å². The third-order valence-electron chi connectivity index (χ3n) is 3.98. The first-order valence-electron chi connectivity index (χ1n) is 8.21. The summed E-state index contributed by atoms with van der Waals surface area (Å²) in [6, 6.07) is 0.666. The molecule has 0 fully saturated rings. The normalized spacial score (nSPS) is 16.4. The van der Waals surface area contributed by atoms with Gasteiger partial charge in [0.1, 0.15) is 11.0 Å². The summed E-state index contributed by atoms with van der Waals surface area (Å²) in [5.41, 5.74) is 0.741. The molecule has 10 nitrogen and oxygen atoms in total. The van der Waals surface area contributed by atoms with Crippen molar-refractivity contribution in [2.24, 2.45) is 0 Å². The number of esters is 1. The third-order valence-corrected chi connectivity index (χ3v) is 6.13. The van der Waals surface area contributed by atoms with Gasteiger partial charge >= 0.3 is 12.0 Å². The Hall–Kier alpha value is -3.12. The van der Waals surface area contributed by atoms with E-state index in [9.17, 15) is 18.0 Å². The number of thiocarbonyl (C=S) groups is 1. The fourth-order valence-electron chi connectivity index (χ4n) is 2.66. The number of carbonyl (C=O) groups is 2. The Morgan fingerprint density at radius 1 is 1.28 bits per heavy atom. The first-order chi connectivity index (χ1) is 13.6. The molecule has 2 aromatic heterocycles. The molecule has 0 saturated carbocycles. The van der Waals surface area contributed by atoms with Crippen molar-refractivity contribution in [1.82, 2.24) is 14.7 Å².